The van der Waals surface area contributed by atoms with Crippen molar-refractivity contribution in [3.63, 3.8) is 0 Å². The molecule has 0 aliphatic carbocycles. The maximum absolute atomic E-state index is 14.9. The van der Waals surface area contributed by atoms with E-state index in [1.165, 1.54) is 12.1 Å². The van der Waals surface area contributed by atoms with E-state index in [0.29, 0.717) is 53.5 Å². The van der Waals surface area contributed by atoms with Crippen molar-refractivity contribution in [2.45, 2.75) is 64.1 Å². The van der Waals surface area contributed by atoms with Gasteiger partial charge in [-0.2, -0.15) is 23.2 Å². The quantitative estimate of drug-likeness (QED) is 0.189. The molecule has 2 atom stereocenters. The lowest BCUT2D eigenvalue weighted by atomic mass is 9.82. The van der Waals surface area contributed by atoms with E-state index in [9.17, 15) is 31.2 Å². The smallest absolute Gasteiger partial charge is 0.255 e. The summed E-state index contributed by atoms with van der Waals surface area (Å²) < 4.78 is 80.7. The Kier molecular flexibility index (Phi) is 10.3. The van der Waals surface area contributed by atoms with Gasteiger partial charge in [0.15, 0.2) is 0 Å². The third-order valence-corrected chi connectivity index (χ3v) is 8.60. The molecule has 5 nitrogen and oxygen atoms in total. The number of halogens is 5. The van der Waals surface area contributed by atoms with Crippen LogP contribution in [0.15, 0.2) is 59.6 Å². The number of hydrogen-bond acceptors (Lipinski definition) is 4. The number of sulfonamides is 1. The van der Waals surface area contributed by atoms with Gasteiger partial charge in [-0.3, -0.25) is 4.98 Å². The summed E-state index contributed by atoms with van der Waals surface area (Å²) in [6, 6.07) is 12.6. The van der Waals surface area contributed by atoms with E-state index in [4.69, 9.17) is 11.6 Å². The number of pyridine rings is 1. The SMILES string of the molecule is CCc1cc(C)c(C(C#N)=C(c2ccc(S(=O)(=O)NC(C)C(F)(F)F)cn2)C(CC)Cc2cccc(Cl)c2)cc1F. The lowest BCUT2D eigenvalue weighted by Crippen LogP contribution is -2.42. The normalized spacial score (nSPS) is 14.2. The predicted octanol–water partition coefficient (Wildman–Crippen LogP) is 7.68. The minimum atomic E-state index is -4.77. The van der Waals surface area contributed by atoms with Crippen LogP contribution in [0.1, 0.15) is 55.1 Å². The zero-order valence-electron chi connectivity index (χ0n) is 23.0. The van der Waals surface area contributed by atoms with Crippen molar-refractivity contribution in [2.24, 2.45) is 5.92 Å². The maximum Gasteiger partial charge on any atom is 0.404 e. The maximum atomic E-state index is 14.9. The van der Waals surface area contributed by atoms with Crippen molar-refractivity contribution in [3.05, 3.63) is 93.5 Å². The van der Waals surface area contributed by atoms with Crippen LogP contribution in [0.4, 0.5) is 17.6 Å². The topological polar surface area (TPSA) is 82.8 Å². The van der Waals surface area contributed by atoms with Crippen molar-refractivity contribution >= 4 is 32.8 Å². The summed E-state index contributed by atoms with van der Waals surface area (Å²) in [4.78, 5) is 3.83. The molecular weight excluding hydrogens is 578 g/mol. The summed E-state index contributed by atoms with van der Waals surface area (Å²) in [5.41, 5.74) is 3.32. The number of benzene rings is 2. The second kappa shape index (κ2) is 13.1. The van der Waals surface area contributed by atoms with Crippen LogP contribution in [0.2, 0.25) is 5.02 Å². The second-order valence-electron chi connectivity index (χ2n) is 9.72. The first kappa shape index (κ1) is 32.3. The van der Waals surface area contributed by atoms with Gasteiger partial charge in [0.25, 0.3) is 0 Å². The van der Waals surface area contributed by atoms with Gasteiger partial charge in [-0.1, -0.05) is 43.6 Å². The molecule has 3 aromatic rings. The second-order valence-corrected chi connectivity index (χ2v) is 11.9. The van der Waals surface area contributed by atoms with Gasteiger partial charge >= 0.3 is 6.18 Å². The van der Waals surface area contributed by atoms with E-state index in [-0.39, 0.29) is 17.2 Å². The number of alkyl halides is 3. The summed E-state index contributed by atoms with van der Waals surface area (Å²) in [5.74, 6) is -0.780. The molecule has 2 unspecified atom stereocenters. The van der Waals surface area contributed by atoms with E-state index in [1.807, 2.05) is 19.9 Å². The van der Waals surface area contributed by atoms with Crippen molar-refractivity contribution in [1.29, 1.82) is 5.26 Å². The molecule has 1 N–H and O–H groups in total. The Hall–Kier alpha value is -3.26. The van der Waals surface area contributed by atoms with Gasteiger partial charge in [-0.15, -0.1) is 0 Å². The van der Waals surface area contributed by atoms with Gasteiger partial charge in [0.2, 0.25) is 10.0 Å². The fourth-order valence-corrected chi connectivity index (χ4v) is 5.94. The van der Waals surface area contributed by atoms with Gasteiger partial charge in [0, 0.05) is 11.2 Å². The lowest BCUT2D eigenvalue weighted by molar-refractivity contribution is -0.147. The molecule has 2 aromatic carbocycles. The highest BCUT2D eigenvalue weighted by molar-refractivity contribution is 7.89. The molecule has 0 spiro atoms. The van der Waals surface area contributed by atoms with Crippen LogP contribution < -0.4 is 4.72 Å². The molecule has 0 amide bonds. The van der Waals surface area contributed by atoms with Crippen molar-refractivity contribution in [3.8, 4) is 6.07 Å². The summed E-state index contributed by atoms with van der Waals surface area (Å²) >= 11 is 6.19. The number of nitriles is 1. The average molecular weight is 608 g/mol. The number of hydrogen-bond donors (Lipinski definition) is 1. The molecule has 0 aliphatic rings. The van der Waals surface area contributed by atoms with Crippen LogP contribution in [0.5, 0.6) is 0 Å². The third-order valence-electron chi connectivity index (χ3n) is 6.84. The highest BCUT2D eigenvalue weighted by Crippen LogP contribution is 2.37. The zero-order valence-corrected chi connectivity index (χ0v) is 24.6. The number of aryl methyl sites for hydroxylation is 2. The number of rotatable bonds is 10. The van der Waals surface area contributed by atoms with Gasteiger partial charge in [0.05, 0.1) is 11.3 Å². The van der Waals surface area contributed by atoms with Gasteiger partial charge < -0.3 is 0 Å². The van der Waals surface area contributed by atoms with E-state index in [2.05, 4.69) is 11.1 Å². The van der Waals surface area contributed by atoms with Crippen LogP contribution in [0, 0.1) is 30.0 Å². The van der Waals surface area contributed by atoms with Crippen molar-refractivity contribution in [1.82, 2.24) is 9.71 Å². The number of nitrogens with zero attached hydrogens (tertiary/aromatic N) is 2. The van der Waals surface area contributed by atoms with Crippen LogP contribution in [0.25, 0.3) is 11.1 Å². The summed E-state index contributed by atoms with van der Waals surface area (Å²) in [6.45, 7) is 6.22. The van der Waals surface area contributed by atoms with Gasteiger partial charge in [-0.05, 0) is 97.2 Å². The summed E-state index contributed by atoms with van der Waals surface area (Å²) in [7, 11) is -4.54. The predicted molar refractivity (Wildman–Crippen MR) is 152 cm³/mol. The molecule has 3 rings (SSSR count). The molecule has 0 bridgehead atoms. The number of aromatic nitrogens is 1. The van der Waals surface area contributed by atoms with Crippen molar-refractivity contribution in [2.75, 3.05) is 0 Å². The fourth-order valence-electron chi connectivity index (χ4n) is 4.55. The van der Waals surface area contributed by atoms with E-state index in [0.717, 1.165) is 17.8 Å². The fraction of sp³-hybridized carbons (Fsp3) is 0.333. The molecule has 41 heavy (non-hydrogen) atoms. The Morgan fingerprint density at radius 1 is 1.15 bits per heavy atom. The molecule has 218 valence electrons. The third kappa shape index (κ3) is 7.73. The Morgan fingerprint density at radius 2 is 1.85 bits per heavy atom. The van der Waals surface area contributed by atoms with Gasteiger partial charge in [-0.25, -0.2) is 12.8 Å². The van der Waals surface area contributed by atoms with E-state index >= 15 is 0 Å². The minimum absolute atomic E-state index is 0.171. The Morgan fingerprint density at radius 3 is 2.39 bits per heavy atom. The molecule has 0 saturated carbocycles. The highest BCUT2D eigenvalue weighted by atomic mass is 35.5. The molecule has 0 saturated heterocycles. The first-order valence-electron chi connectivity index (χ1n) is 12.9. The van der Waals surface area contributed by atoms with Crippen LogP contribution in [-0.4, -0.2) is 25.6 Å². The first-order valence-corrected chi connectivity index (χ1v) is 14.8. The van der Waals surface area contributed by atoms with Crippen molar-refractivity contribution < 1.29 is 26.0 Å². The van der Waals surface area contributed by atoms with Crippen LogP contribution >= 0.6 is 11.6 Å². The largest absolute Gasteiger partial charge is 0.404 e. The summed E-state index contributed by atoms with van der Waals surface area (Å²) in [5, 5.41) is 10.9. The first-order chi connectivity index (χ1) is 19.2. The Labute approximate surface area is 242 Å². The number of allylic oxidation sites excluding steroid dienone is 2. The molecule has 0 aliphatic heterocycles. The van der Waals surface area contributed by atoms with Crippen LogP contribution in [-0.2, 0) is 22.9 Å². The van der Waals surface area contributed by atoms with Gasteiger partial charge in [0.1, 0.15) is 22.8 Å². The Balaban J connectivity index is 2.21. The lowest BCUT2D eigenvalue weighted by Gasteiger charge is -2.22. The zero-order chi connectivity index (χ0) is 30.5. The van der Waals surface area contributed by atoms with Crippen LogP contribution in [0.3, 0.4) is 0 Å². The molecule has 1 heterocycles. The molecule has 0 fully saturated rings. The van der Waals surface area contributed by atoms with E-state index in [1.54, 1.807) is 35.9 Å². The average Bonchev–Trinajstić information content (AvgIpc) is 2.91. The molecular formula is C30H30ClF4N3O2S. The van der Waals surface area contributed by atoms with E-state index < -0.39 is 33.0 Å². The molecule has 0 radical (unpaired) electrons. The summed E-state index contributed by atoms with van der Waals surface area (Å²) in [6.07, 6.45) is -2.37. The molecule has 11 heteroatoms. The standard InChI is InChI=1S/C30H30ClF4N3O2S/c1-5-21-12-18(3)25(15-27(21)32)26(16-36)29(22(6-2)13-20-8-7-9-23(31)14-20)28-11-10-24(17-37-28)41(39,40)38-19(4)30(33,34)35/h7-12,14-15,17,19,22,38H,5-6,13H2,1-4H3. The Bertz CT molecular complexity index is 1580. The molecule has 1 aromatic heterocycles. The monoisotopic (exact) mass is 607 g/mol. The minimum Gasteiger partial charge on any atom is -0.255 e. The number of nitrogens with one attached hydrogen (secondary N) is 1. The highest BCUT2D eigenvalue weighted by Gasteiger charge is 2.39.